The number of carbonyl (C=O) groups is 2. The van der Waals surface area contributed by atoms with E-state index in [9.17, 15) is 9.59 Å². The van der Waals surface area contributed by atoms with Crippen molar-refractivity contribution < 1.29 is 9.59 Å². The topological polar surface area (TPSA) is 49.4 Å². The molecule has 1 amide bonds. The molecule has 1 aliphatic rings. The minimum atomic E-state index is 0.170. The highest BCUT2D eigenvalue weighted by Gasteiger charge is 2.23. The van der Waals surface area contributed by atoms with Crippen LogP contribution in [-0.4, -0.2) is 43.3 Å². The number of rotatable bonds is 5. The molecule has 0 saturated carbocycles. The van der Waals surface area contributed by atoms with E-state index in [1.165, 1.54) is 0 Å². The van der Waals surface area contributed by atoms with Crippen molar-refractivity contribution in [2.24, 2.45) is 5.92 Å². The highest BCUT2D eigenvalue weighted by atomic mass is 16.1. The fraction of sp³-hybridized carbons (Fsp3) is 0.833. The van der Waals surface area contributed by atoms with E-state index in [1.807, 2.05) is 0 Å². The Bertz CT molecular complexity index is 245. The summed E-state index contributed by atoms with van der Waals surface area (Å²) < 4.78 is 0. The van der Waals surface area contributed by atoms with E-state index in [0.717, 1.165) is 38.9 Å². The van der Waals surface area contributed by atoms with Gasteiger partial charge in [-0.3, -0.25) is 4.79 Å². The smallest absolute Gasteiger partial charge is 0.222 e. The molecule has 0 spiro atoms. The van der Waals surface area contributed by atoms with Gasteiger partial charge < -0.3 is 15.0 Å². The van der Waals surface area contributed by atoms with E-state index < -0.39 is 0 Å². The Balaban J connectivity index is 2.17. The molecular weight excluding hydrogens is 204 g/mol. The first-order valence-corrected chi connectivity index (χ1v) is 6.07. The molecule has 0 atom stereocenters. The first-order valence-electron chi connectivity index (χ1n) is 6.07. The lowest BCUT2D eigenvalue weighted by molar-refractivity contribution is -0.125. The summed E-state index contributed by atoms with van der Waals surface area (Å²) in [5.74, 6) is 0.623. The van der Waals surface area contributed by atoms with Gasteiger partial charge in [-0.05, 0) is 45.8 Å². The molecule has 1 aliphatic heterocycles. The van der Waals surface area contributed by atoms with Crippen molar-refractivity contribution in [3.8, 4) is 0 Å². The molecule has 1 saturated heterocycles. The SMILES string of the molecule is CNC(=O)C1CCN(CCCC(C)=O)CC1. The van der Waals surface area contributed by atoms with Crippen molar-refractivity contribution in [3.05, 3.63) is 0 Å². The molecule has 92 valence electrons. The third-order valence-electron chi connectivity index (χ3n) is 3.21. The van der Waals surface area contributed by atoms with E-state index in [-0.39, 0.29) is 17.6 Å². The van der Waals surface area contributed by atoms with E-state index >= 15 is 0 Å². The van der Waals surface area contributed by atoms with Crippen LogP contribution in [0, 0.1) is 5.92 Å². The zero-order chi connectivity index (χ0) is 12.0. The van der Waals surface area contributed by atoms with Crippen LogP contribution in [-0.2, 0) is 9.59 Å². The first kappa shape index (κ1) is 13.2. The molecule has 1 heterocycles. The maximum absolute atomic E-state index is 11.4. The van der Waals surface area contributed by atoms with Crippen LogP contribution in [0.5, 0.6) is 0 Å². The largest absolute Gasteiger partial charge is 0.359 e. The minimum absolute atomic E-state index is 0.170. The number of nitrogens with zero attached hydrogens (tertiary/aromatic N) is 1. The molecule has 4 nitrogen and oxygen atoms in total. The van der Waals surface area contributed by atoms with Crippen LogP contribution in [0.3, 0.4) is 0 Å². The number of piperidine rings is 1. The van der Waals surface area contributed by atoms with Crippen molar-refractivity contribution in [2.45, 2.75) is 32.6 Å². The average Bonchev–Trinajstić information content (AvgIpc) is 2.28. The van der Waals surface area contributed by atoms with Gasteiger partial charge in [0, 0.05) is 19.4 Å². The number of carbonyl (C=O) groups excluding carboxylic acids is 2. The number of nitrogens with one attached hydrogen (secondary N) is 1. The van der Waals surface area contributed by atoms with Crippen LogP contribution < -0.4 is 5.32 Å². The number of amides is 1. The highest BCUT2D eigenvalue weighted by molar-refractivity contribution is 5.78. The lowest BCUT2D eigenvalue weighted by Gasteiger charge is -2.30. The Morgan fingerprint density at radius 3 is 2.44 bits per heavy atom. The summed E-state index contributed by atoms with van der Waals surface area (Å²) in [6, 6.07) is 0. The van der Waals surface area contributed by atoms with Crippen molar-refractivity contribution in [2.75, 3.05) is 26.7 Å². The standard InChI is InChI=1S/C12H22N2O2/c1-10(15)4-3-7-14-8-5-11(6-9-14)12(16)13-2/h11H,3-9H2,1-2H3,(H,13,16). The molecule has 0 aromatic heterocycles. The van der Waals surface area contributed by atoms with E-state index in [0.29, 0.717) is 6.42 Å². The van der Waals surface area contributed by atoms with Crippen molar-refractivity contribution >= 4 is 11.7 Å². The number of hydrogen-bond donors (Lipinski definition) is 1. The second-order valence-corrected chi connectivity index (χ2v) is 4.54. The summed E-state index contributed by atoms with van der Waals surface area (Å²) in [5.41, 5.74) is 0. The molecule has 16 heavy (non-hydrogen) atoms. The maximum Gasteiger partial charge on any atom is 0.222 e. The third kappa shape index (κ3) is 4.31. The third-order valence-corrected chi connectivity index (χ3v) is 3.21. The van der Waals surface area contributed by atoms with Crippen LogP contribution in [0.2, 0.25) is 0 Å². The fourth-order valence-electron chi connectivity index (χ4n) is 2.17. The Morgan fingerprint density at radius 1 is 1.31 bits per heavy atom. The lowest BCUT2D eigenvalue weighted by Crippen LogP contribution is -2.39. The summed E-state index contributed by atoms with van der Waals surface area (Å²) in [7, 11) is 1.70. The number of likely N-dealkylation sites (tertiary alicyclic amines) is 1. The van der Waals surface area contributed by atoms with Gasteiger partial charge in [0.1, 0.15) is 5.78 Å². The summed E-state index contributed by atoms with van der Waals surface area (Å²) in [6.45, 7) is 4.59. The van der Waals surface area contributed by atoms with Crippen molar-refractivity contribution in [1.29, 1.82) is 0 Å². The Labute approximate surface area is 97.4 Å². The van der Waals surface area contributed by atoms with Gasteiger partial charge in [-0.2, -0.15) is 0 Å². The molecule has 0 aliphatic carbocycles. The molecule has 1 N–H and O–H groups in total. The predicted molar refractivity (Wildman–Crippen MR) is 63.1 cm³/mol. The van der Waals surface area contributed by atoms with Crippen LogP contribution in [0.4, 0.5) is 0 Å². The van der Waals surface area contributed by atoms with Gasteiger partial charge in [0.05, 0.1) is 0 Å². The quantitative estimate of drug-likeness (QED) is 0.755. The van der Waals surface area contributed by atoms with Crippen molar-refractivity contribution in [1.82, 2.24) is 10.2 Å². The van der Waals surface area contributed by atoms with E-state index in [1.54, 1.807) is 14.0 Å². The highest BCUT2D eigenvalue weighted by Crippen LogP contribution is 2.17. The monoisotopic (exact) mass is 226 g/mol. The molecule has 0 radical (unpaired) electrons. The molecule has 0 aromatic rings. The number of Topliss-reactive ketones (excluding diaryl/α,β-unsaturated/α-hetero) is 1. The Kier molecular flexibility index (Phi) is 5.46. The molecule has 1 fully saturated rings. The average molecular weight is 226 g/mol. The van der Waals surface area contributed by atoms with Crippen LogP contribution in [0.25, 0.3) is 0 Å². The second-order valence-electron chi connectivity index (χ2n) is 4.54. The molecule has 0 unspecified atom stereocenters. The van der Waals surface area contributed by atoms with Gasteiger partial charge in [-0.1, -0.05) is 0 Å². The Hall–Kier alpha value is -0.900. The molecule has 0 bridgehead atoms. The molecular formula is C12H22N2O2. The number of ketones is 1. The van der Waals surface area contributed by atoms with Gasteiger partial charge in [-0.25, -0.2) is 0 Å². The second kappa shape index (κ2) is 6.63. The normalized spacial score (nSPS) is 18.4. The van der Waals surface area contributed by atoms with Gasteiger partial charge >= 0.3 is 0 Å². The van der Waals surface area contributed by atoms with Gasteiger partial charge in [-0.15, -0.1) is 0 Å². The number of hydrogen-bond acceptors (Lipinski definition) is 3. The van der Waals surface area contributed by atoms with Gasteiger partial charge in [0.15, 0.2) is 0 Å². The van der Waals surface area contributed by atoms with E-state index in [4.69, 9.17) is 0 Å². The zero-order valence-corrected chi connectivity index (χ0v) is 10.3. The van der Waals surface area contributed by atoms with Crippen molar-refractivity contribution in [3.63, 3.8) is 0 Å². The Morgan fingerprint density at radius 2 is 1.94 bits per heavy atom. The maximum atomic E-state index is 11.4. The minimum Gasteiger partial charge on any atom is -0.359 e. The zero-order valence-electron chi connectivity index (χ0n) is 10.3. The van der Waals surface area contributed by atoms with Crippen LogP contribution in [0.15, 0.2) is 0 Å². The fourth-order valence-corrected chi connectivity index (χ4v) is 2.17. The summed E-state index contributed by atoms with van der Waals surface area (Å²) >= 11 is 0. The predicted octanol–water partition coefficient (Wildman–Crippen LogP) is 0.814. The van der Waals surface area contributed by atoms with E-state index in [2.05, 4.69) is 10.2 Å². The lowest BCUT2D eigenvalue weighted by atomic mass is 9.96. The van der Waals surface area contributed by atoms with Gasteiger partial charge in [0.2, 0.25) is 5.91 Å². The molecule has 1 rings (SSSR count). The molecule has 4 heteroatoms. The van der Waals surface area contributed by atoms with Crippen LogP contribution >= 0.6 is 0 Å². The summed E-state index contributed by atoms with van der Waals surface area (Å²) in [6.07, 6.45) is 3.51. The summed E-state index contributed by atoms with van der Waals surface area (Å²) in [5, 5.41) is 2.71. The van der Waals surface area contributed by atoms with Gasteiger partial charge in [0.25, 0.3) is 0 Å². The first-order chi connectivity index (χ1) is 7.63. The van der Waals surface area contributed by atoms with Crippen LogP contribution in [0.1, 0.15) is 32.6 Å². The molecule has 0 aromatic carbocycles. The summed E-state index contributed by atoms with van der Waals surface area (Å²) in [4.78, 5) is 24.5.